The number of likely N-dealkylation sites (N-methyl/N-ethyl adjacent to an activating group) is 1. The number of halogens is 2. The van der Waals surface area contributed by atoms with Gasteiger partial charge in [-0.1, -0.05) is 41.6 Å². The number of amides is 1. The van der Waals surface area contributed by atoms with E-state index < -0.39 is 29.3 Å². The maximum atomic E-state index is 14.7. The van der Waals surface area contributed by atoms with Crippen LogP contribution in [-0.2, 0) is 9.59 Å². The van der Waals surface area contributed by atoms with Gasteiger partial charge in [-0.25, -0.2) is 4.39 Å². The molecule has 0 saturated carbocycles. The Hall–Kier alpha value is -2.90. The molecule has 0 aliphatic carbocycles. The predicted octanol–water partition coefficient (Wildman–Crippen LogP) is 0.856. The van der Waals surface area contributed by atoms with Gasteiger partial charge in [-0.05, 0) is 23.8 Å². The second kappa shape index (κ2) is 8.85. The lowest BCUT2D eigenvalue weighted by Gasteiger charge is -2.28. The fourth-order valence-corrected chi connectivity index (χ4v) is 3.69. The Kier molecular flexibility index (Phi) is 6.43. The van der Waals surface area contributed by atoms with Crippen LogP contribution in [0.5, 0.6) is 5.75 Å². The smallest absolute Gasteiger partial charge is 0.295 e. The fraction of sp³-hybridized carbons (Fsp3) is 0.273. The predicted molar refractivity (Wildman–Crippen MR) is 108 cm³/mol. The Balaban J connectivity index is 2.18. The molecule has 1 fully saturated rings. The van der Waals surface area contributed by atoms with Crippen molar-refractivity contribution in [1.29, 1.82) is 0 Å². The first-order chi connectivity index (χ1) is 14.3. The van der Waals surface area contributed by atoms with Gasteiger partial charge in [-0.15, -0.1) is 0 Å². The van der Waals surface area contributed by atoms with Gasteiger partial charge in [0.2, 0.25) is 5.78 Å². The van der Waals surface area contributed by atoms with Gasteiger partial charge in [0.1, 0.15) is 11.6 Å². The number of hydrogen-bond donors (Lipinski definition) is 1. The molecule has 6 nitrogen and oxygen atoms in total. The SMILES string of the molecule is COc1ccc(/C([O-])=C2\C(=O)C(=O)N(CC[NH+](C)C)C2c2ccccc2F)cc1Cl. The second-order valence-electron chi connectivity index (χ2n) is 7.30. The third kappa shape index (κ3) is 4.04. The van der Waals surface area contributed by atoms with Crippen LogP contribution in [0, 0.1) is 5.82 Å². The van der Waals surface area contributed by atoms with E-state index in [-0.39, 0.29) is 28.3 Å². The number of carbonyl (C=O) groups excluding carboxylic acids is 2. The summed E-state index contributed by atoms with van der Waals surface area (Å²) in [6.07, 6.45) is 0. The molecule has 0 spiro atoms. The van der Waals surface area contributed by atoms with Crippen LogP contribution in [0.25, 0.3) is 5.76 Å². The molecule has 1 atom stereocenters. The molecule has 0 aromatic heterocycles. The zero-order valence-corrected chi connectivity index (χ0v) is 17.6. The summed E-state index contributed by atoms with van der Waals surface area (Å²) in [5.74, 6) is -2.62. The minimum Gasteiger partial charge on any atom is -0.872 e. The van der Waals surface area contributed by atoms with Gasteiger partial charge < -0.3 is 19.6 Å². The summed E-state index contributed by atoms with van der Waals surface area (Å²) in [5, 5.41) is 13.5. The lowest BCUT2D eigenvalue weighted by atomic mass is 9.95. The Morgan fingerprint density at radius 1 is 1.23 bits per heavy atom. The highest BCUT2D eigenvalue weighted by Crippen LogP contribution is 2.40. The third-order valence-electron chi connectivity index (χ3n) is 5.00. The third-order valence-corrected chi connectivity index (χ3v) is 5.29. The van der Waals surface area contributed by atoms with Crippen LogP contribution in [-0.4, -0.2) is 50.9 Å². The quantitative estimate of drug-likeness (QED) is 0.417. The summed E-state index contributed by atoms with van der Waals surface area (Å²) >= 11 is 6.13. The summed E-state index contributed by atoms with van der Waals surface area (Å²) in [5.41, 5.74) is -0.0492. The van der Waals surface area contributed by atoms with Crippen molar-refractivity contribution in [2.75, 3.05) is 34.3 Å². The molecular formula is C22H22ClFN2O4. The van der Waals surface area contributed by atoms with Gasteiger partial charge >= 0.3 is 0 Å². The number of likely N-dealkylation sites (tertiary alicyclic amines) is 1. The van der Waals surface area contributed by atoms with Gasteiger partial charge in [0, 0.05) is 11.1 Å². The van der Waals surface area contributed by atoms with Crippen molar-refractivity contribution in [2.24, 2.45) is 0 Å². The van der Waals surface area contributed by atoms with Crippen LogP contribution in [0.3, 0.4) is 0 Å². The van der Waals surface area contributed by atoms with E-state index in [1.807, 2.05) is 14.1 Å². The molecule has 1 N–H and O–H groups in total. The van der Waals surface area contributed by atoms with E-state index in [4.69, 9.17) is 16.3 Å². The van der Waals surface area contributed by atoms with E-state index in [1.54, 1.807) is 6.07 Å². The minimum atomic E-state index is -1.10. The average Bonchev–Trinajstić information content (AvgIpc) is 2.96. The Morgan fingerprint density at radius 2 is 1.93 bits per heavy atom. The molecule has 1 heterocycles. The number of nitrogens with one attached hydrogen (secondary N) is 1. The lowest BCUT2D eigenvalue weighted by molar-refractivity contribution is -0.857. The van der Waals surface area contributed by atoms with E-state index in [9.17, 15) is 19.1 Å². The Morgan fingerprint density at radius 3 is 2.53 bits per heavy atom. The van der Waals surface area contributed by atoms with Crippen LogP contribution >= 0.6 is 11.6 Å². The van der Waals surface area contributed by atoms with Gasteiger partial charge in [0.25, 0.3) is 5.91 Å². The van der Waals surface area contributed by atoms with Crippen molar-refractivity contribution in [3.8, 4) is 5.75 Å². The number of quaternary nitrogens is 1. The van der Waals surface area contributed by atoms with E-state index in [1.165, 1.54) is 48.4 Å². The topological polar surface area (TPSA) is 74.1 Å². The highest BCUT2D eigenvalue weighted by molar-refractivity contribution is 6.46. The van der Waals surface area contributed by atoms with E-state index in [0.717, 1.165) is 4.90 Å². The van der Waals surface area contributed by atoms with Crippen molar-refractivity contribution >= 4 is 29.1 Å². The molecule has 2 aromatic rings. The number of methoxy groups -OCH3 is 1. The molecule has 0 bridgehead atoms. The molecule has 0 radical (unpaired) electrons. The fourth-order valence-electron chi connectivity index (χ4n) is 3.43. The summed E-state index contributed by atoms with van der Waals surface area (Å²) in [4.78, 5) is 27.9. The molecule has 3 rings (SSSR count). The molecule has 2 aromatic carbocycles. The normalized spacial score (nSPS) is 18.3. The summed E-state index contributed by atoms with van der Waals surface area (Å²) in [6, 6.07) is 9.08. The van der Waals surface area contributed by atoms with Crippen molar-refractivity contribution < 1.29 is 28.7 Å². The van der Waals surface area contributed by atoms with Crippen LogP contribution in [0.1, 0.15) is 17.2 Å². The molecule has 1 unspecified atom stereocenters. The maximum absolute atomic E-state index is 14.7. The average molecular weight is 433 g/mol. The molecule has 1 aliphatic heterocycles. The van der Waals surface area contributed by atoms with Crippen molar-refractivity contribution in [1.82, 2.24) is 4.90 Å². The Bertz CT molecular complexity index is 1020. The number of ketones is 1. The molecule has 8 heteroatoms. The molecular weight excluding hydrogens is 411 g/mol. The number of carbonyl (C=O) groups is 2. The largest absolute Gasteiger partial charge is 0.872 e. The van der Waals surface area contributed by atoms with E-state index >= 15 is 0 Å². The summed E-state index contributed by atoms with van der Waals surface area (Å²) in [7, 11) is 5.24. The van der Waals surface area contributed by atoms with Crippen LogP contribution in [0.2, 0.25) is 5.02 Å². The number of benzene rings is 2. The zero-order valence-electron chi connectivity index (χ0n) is 16.9. The van der Waals surface area contributed by atoms with Crippen molar-refractivity contribution in [3.05, 3.63) is 70.0 Å². The molecule has 1 aliphatic rings. The van der Waals surface area contributed by atoms with E-state index in [0.29, 0.717) is 12.3 Å². The standard InChI is InChI=1S/C22H22ClFN2O4/c1-25(2)10-11-26-19(14-6-4-5-7-16(14)24)18(21(28)22(26)29)20(27)13-8-9-17(30-3)15(23)12-13/h4-9,12,19,27H,10-11H2,1-3H3/b20-18+. The van der Waals surface area contributed by atoms with E-state index in [2.05, 4.69) is 0 Å². The monoisotopic (exact) mass is 432 g/mol. The number of Topliss-reactive ketones (excluding diaryl/α,β-unsaturated/α-hetero) is 1. The van der Waals surface area contributed by atoms with Gasteiger partial charge in [0.05, 0.1) is 45.4 Å². The molecule has 30 heavy (non-hydrogen) atoms. The van der Waals surface area contributed by atoms with Gasteiger partial charge in [-0.2, -0.15) is 0 Å². The van der Waals surface area contributed by atoms with Crippen molar-refractivity contribution in [2.45, 2.75) is 6.04 Å². The van der Waals surface area contributed by atoms with Gasteiger partial charge in [0.15, 0.2) is 0 Å². The number of ether oxygens (including phenoxy) is 1. The first-order valence-corrected chi connectivity index (χ1v) is 9.77. The second-order valence-corrected chi connectivity index (χ2v) is 7.71. The molecule has 158 valence electrons. The summed E-state index contributed by atoms with van der Waals surface area (Å²) in [6.45, 7) is 0.728. The summed E-state index contributed by atoms with van der Waals surface area (Å²) < 4.78 is 19.7. The van der Waals surface area contributed by atoms with Crippen LogP contribution in [0.4, 0.5) is 4.39 Å². The number of hydrogen-bond acceptors (Lipinski definition) is 4. The Labute approximate surface area is 179 Å². The van der Waals surface area contributed by atoms with Gasteiger partial charge in [-0.3, -0.25) is 9.59 Å². The number of rotatable bonds is 6. The highest BCUT2D eigenvalue weighted by atomic mass is 35.5. The molecule has 1 amide bonds. The number of nitrogens with zero attached hydrogens (tertiary/aromatic N) is 1. The van der Waals surface area contributed by atoms with Crippen LogP contribution < -0.4 is 14.7 Å². The first kappa shape index (κ1) is 21.8. The minimum absolute atomic E-state index is 0.105. The highest BCUT2D eigenvalue weighted by Gasteiger charge is 2.45. The lowest BCUT2D eigenvalue weighted by Crippen LogP contribution is -3.06. The van der Waals surface area contributed by atoms with Crippen LogP contribution in [0.15, 0.2) is 48.0 Å². The first-order valence-electron chi connectivity index (χ1n) is 9.40. The maximum Gasteiger partial charge on any atom is 0.295 e. The molecule has 1 saturated heterocycles. The van der Waals surface area contributed by atoms with Crippen molar-refractivity contribution in [3.63, 3.8) is 0 Å². The zero-order chi connectivity index (χ0) is 22.0.